The van der Waals surface area contributed by atoms with Crippen molar-refractivity contribution in [1.29, 1.82) is 0 Å². The number of anilines is 1. The fourth-order valence-electron chi connectivity index (χ4n) is 3.74. The molecule has 1 N–H and O–H groups in total. The third-order valence-electron chi connectivity index (χ3n) is 5.21. The van der Waals surface area contributed by atoms with Gasteiger partial charge < -0.3 is 5.11 Å². The maximum atomic E-state index is 13.2. The fraction of sp³-hybridized carbons (Fsp3) is 0.0909. The van der Waals surface area contributed by atoms with E-state index in [0.717, 1.165) is 33.1 Å². The van der Waals surface area contributed by atoms with Gasteiger partial charge in [0.05, 0.1) is 22.7 Å². The number of aliphatic imine (C=N–C) groups is 1. The highest BCUT2D eigenvalue weighted by molar-refractivity contribution is 7.73. The monoisotopic (exact) mass is 451 g/mol. The Labute approximate surface area is 185 Å². The van der Waals surface area contributed by atoms with E-state index in [0.29, 0.717) is 4.88 Å². The molecule has 31 heavy (non-hydrogen) atoms. The lowest BCUT2D eigenvalue weighted by molar-refractivity contribution is -0.122. The molecule has 1 unspecified atom stereocenters. The number of hydrogen-bond acceptors (Lipinski definition) is 6. The normalized spacial score (nSPS) is 18.9. The molecular formula is C22H14FN3O3S2. The summed E-state index contributed by atoms with van der Waals surface area (Å²) in [6, 6.07) is 11.8. The highest BCUT2D eigenvalue weighted by atomic mass is 32.1. The molecule has 0 bridgehead atoms. The Hall–Kier alpha value is -3.43. The zero-order valence-corrected chi connectivity index (χ0v) is 17.5. The first-order valence-corrected chi connectivity index (χ1v) is 10.6. The summed E-state index contributed by atoms with van der Waals surface area (Å²) in [6.45, 7) is 0. The Morgan fingerprint density at radius 3 is 2.68 bits per heavy atom. The van der Waals surface area contributed by atoms with Crippen molar-refractivity contribution in [3.63, 3.8) is 0 Å². The number of carbonyl (C=O) groups is 2. The topological polar surface area (TPSA) is 74.9 Å². The van der Waals surface area contributed by atoms with Crippen molar-refractivity contribution in [2.75, 3.05) is 4.90 Å². The summed E-state index contributed by atoms with van der Waals surface area (Å²) in [4.78, 5) is 31.4. The van der Waals surface area contributed by atoms with Crippen molar-refractivity contribution >= 4 is 64.6 Å². The molecule has 2 aliphatic heterocycles. The van der Waals surface area contributed by atoms with Gasteiger partial charge in [-0.15, -0.1) is 11.3 Å². The summed E-state index contributed by atoms with van der Waals surface area (Å²) in [5.41, 5.74) is 2.86. The van der Waals surface area contributed by atoms with E-state index < -0.39 is 23.7 Å². The third-order valence-corrected chi connectivity index (χ3v) is 6.54. The van der Waals surface area contributed by atoms with E-state index in [-0.39, 0.29) is 21.9 Å². The lowest BCUT2D eigenvalue weighted by atomic mass is 10.1. The van der Waals surface area contributed by atoms with Crippen LogP contribution >= 0.6 is 23.6 Å². The molecule has 5 rings (SSSR count). The quantitative estimate of drug-likeness (QED) is 0.455. The van der Waals surface area contributed by atoms with Crippen LogP contribution in [0, 0.1) is 9.77 Å². The molecule has 3 heterocycles. The van der Waals surface area contributed by atoms with Crippen molar-refractivity contribution in [1.82, 2.24) is 4.57 Å². The Bertz CT molecular complexity index is 1360. The van der Waals surface area contributed by atoms with Gasteiger partial charge >= 0.3 is 0 Å². The highest BCUT2D eigenvalue weighted by Crippen LogP contribution is 2.39. The van der Waals surface area contributed by atoms with Crippen LogP contribution in [-0.4, -0.2) is 27.7 Å². The molecule has 0 radical (unpaired) electrons. The van der Waals surface area contributed by atoms with E-state index in [4.69, 9.17) is 12.2 Å². The lowest BCUT2D eigenvalue weighted by Crippen LogP contribution is -2.31. The van der Waals surface area contributed by atoms with Crippen LogP contribution in [0.25, 0.3) is 11.6 Å². The van der Waals surface area contributed by atoms with Crippen LogP contribution in [0.2, 0.25) is 0 Å². The number of carbonyl (C=O) groups excluding carboxylic acids is 2. The number of imide groups is 1. The minimum Gasteiger partial charge on any atom is -0.493 e. The van der Waals surface area contributed by atoms with E-state index >= 15 is 0 Å². The van der Waals surface area contributed by atoms with Gasteiger partial charge in [-0.05, 0) is 48.6 Å². The predicted molar refractivity (Wildman–Crippen MR) is 120 cm³/mol. The van der Waals surface area contributed by atoms with Crippen LogP contribution in [0.15, 0.2) is 53.5 Å². The summed E-state index contributed by atoms with van der Waals surface area (Å²) in [5, 5.41) is 10.9. The standard InChI is InChI=1S/C22H14FN3O3S2/c23-13-5-7-14(8-6-13)25-19(27)10-17(20(25)28)26-21(29)18(31-22(26)30)9-12-11-24-16-4-2-1-3-15(12)16/h1-9,11,17,29H,10H2/b12-9-. The first-order valence-electron chi connectivity index (χ1n) is 9.36. The summed E-state index contributed by atoms with van der Waals surface area (Å²) in [7, 11) is 0. The molecule has 1 aromatic heterocycles. The van der Waals surface area contributed by atoms with Gasteiger partial charge in [0.1, 0.15) is 11.9 Å². The van der Waals surface area contributed by atoms with Crippen LogP contribution in [0.5, 0.6) is 5.88 Å². The Balaban J connectivity index is 1.51. The van der Waals surface area contributed by atoms with E-state index in [1.54, 1.807) is 12.3 Å². The number of aromatic hydroxyl groups is 1. The number of amides is 2. The van der Waals surface area contributed by atoms with Gasteiger partial charge in [-0.3, -0.25) is 19.1 Å². The summed E-state index contributed by atoms with van der Waals surface area (Å²) >= 11 is 6.56. The number of thiazole rings is 1. The maximum absolute atomic E-state index is 13.2. The van der Waals surface area contributed by atoms with Gasteiger partial charge in [0, 0.05) is 17.4 Å². The minimum absolute atomic E-state index is 0.144. The molecule has 6 nitrogen and oxygen atoms in total. The molecule has 0 saturated carbocycles. The van der Waals surface area contributed by atoms with Crippen molar-refractivity contribution in [2.45, 2.75) is 12.5 Å². The molecule has 3 aromatic rings. The second kappa shape index (κ2) is 7.36. The highest BCUT2D eigenvalue weighted by Gasteiger charge is 2.42. The first-order chi connectivity index (χ1) is 14.9. The van der Waals surface area contributed by atoms with Crippen LogP contribution in [0.3, 0.4) is 0 Å². The zero-order chi connectivity index (χ0) is 21.7. The molecule has 1 saturated heterocycles. The number of nitrogens with zero attached hydrogens (tertiary/aromatic N) is 3. The van der Waals surface area contributed by atoms with Crippen LogP contribution in [0.4, 0.5) is 15.8 Å². The van der Waals surface area contributed by atoms with E-state index in [1.807, 2.05) is 24.3 Å². The van der Waals surface area contributed by atoms with Gasteiger partial charge in [0.25, 0.3) is 5.91 Å². The molecule has 154 valence electrons. The molecule has 1 fully saturated rings. The number of aromatic nitrogens is 1. The van der Waals surface area contributed by atoms with Gasteiger partial charge in [0.2, 0.25) is 11.8 Å². The van der Waals surface area contributed by atoms with Crippen LogP contribution in [-0.2, 0) is 9.59 Å². The second-order valence-corrected chi connectivity index (χ2v) is 8.74. The van der Waals surface area contributed by atoms with Crippen molar-refractivity contribution in [3.8, 4) is 5.88 Å². The van der Waals surface area contributed by atoms with E-state index in [2.05, 4.69) is 4.99 Å². The minimum atomic E-state index is -0.960. The van der Waals surface area contributed by atoms with Gasteiger partial charge in [-0.25, -0.2) is 9.29 Å². The molecule has 0 aliphatic carbocycles. The fourth-order valence-corrected chi connectivity index (χ4v) is 5.10. The summed E-state index contributed by atoms with van der Waals surface area (Å²) in [5.74, 6) is -1.60. The molecule has 2 aromatic carbocycles. The van der Waals surface area contributed by atoms with Crippen molar-refractivity contribution < 1.29 is 19.1 Å². The van der Waals surface area contributed by atoms with E-state index in [1.165, 1.54) is 28.8 Å². The van der Waals surface area contributed by atoms with Crippen molar-refractivity contribution in [3.05, 3.63) is 68.7 Å². The Morgan fingerprint density at radius 2 is 1.90 bits per heavy atom. The Kier molecular flexibility index (Phi) is 4.64. The largest absolute Gasteiger partial charge is 0.493 e. The molecule has 9 heteroatoms. The maximum Gasteiger partial charge on any atom is 0.257 e. The number of para-hydroxylation sites is 1. The number of fused-ring (bicyclic) bond motifs is 1. The average molecular weight is 452 g/mol. The Morgan fingerprint density at radius 1 is 1.16 bits per heavy atom. The van der Waals surface area contributed by atoms with Crippen molar-refractivity contribution in [2.24, 2.45) is 4.99 Å². The number of rotatable bonds is 3. The molecular weight excluding hydrogens is 437 g/mol. The van der Waals surface area contributed by atoms with Gasteiger partial charge in [-0.2, -0.15) is 0 Å². The molecule has 2 amide bonds. The lowest BCUT2D eigenvalue weighted by Gasteiger charge is -2.15. The first kappa shape index (κ1) is 19.5. The van der Waals surface area contributed by atoms with Gasteiger partial charge in [0.15, 0.2) is 3.95 Å². The number of halogens is 1. The van der Waals surface area contributed by atoms with E-state index in [9.17, 15) is 19.1 Å². The zero-order valence-electron chi connectivity index (χ0n) is 15.9. The molecule has 1 atom stereocenters. The molecule has 2 aliphatic rings. The summed E-state index contributed by atoms with van der Waals surface area (Å²) < 4.78 is 14.8. The predicted octanol–water partition coefficient (Wildman–Crippen LogP) is 4.88. The smallest absolute Gasteiger partial charge is 0.257 e. The average Bonchev–Trinajstić information content (AvgIpc) is 3.38. The third kappa shape index (κ3) is 3.22. The number of benzene rings is 2. The number of allylic oxidation sites excluding steroid dienone is 1. The summed E-state index contributed by atoms with van der Waals surface area (Å²) in [6.07, 6.45) is 3.33. The van der Waals surface area contributed by atoms with Crippen LogP contribution in [0.1, 0.15) is 22.9 Å². The number of hydrogen-bond donors (Lipinski definition) is 1. The van der Waals surface area contributed by atoms with Gasteiger partial charge in [-0.1, -0.05) is 18.2 Å². The van der Waals surface area contributed by atoms with Crippen LogP contribution < -0.4 is 4.90 Å². The SMILES string of the molecule is O=C1CC(n2c(O)c(/C=C3/C=Nc4ccccc43)sc2=S)C(=O)N1c1ccc(F)cc1. The second-order valence-electron chi connectivity index (χ2n) is 7.06. The molecule has 0 spiro atoms.